The number of carbonyl (C=O) groups is 1. The van der Waals surface area contributed by atoms with E-state index in [1.807, 2.05) is 24.3 Å². The van der Waals surface area contributed by atoms with E-state index in [1.54, 1.807) is 12.1 Å². The Labute approximate surface area is 135 Å². The monoisotopic (exact) mass is 320 g/mol. The van der Waals surface area contributed by atoms with Crippen molar-refractivity contribution in [2.45, 2.75) is 6.92 Å². The first kappa shape index (κ1) is 14.2. The normalized spacial score (nSPS) is 11.0. The van der Waals surface area contributed by atoms with Gasteiger partial charge in [0.15, 0.2) is 0 Å². The van der Waals surface area contributed by atoms with Crippen molar-refractivity contribution < 1.29 is 13.9 Å². The van der Waals surface area contributed by atoms with Gasteiger partial charge in [-0.1, -0.05) is 12.1 Å². The molecule has 6 nitrogen and oxygen atoms in total. The standard InChI is InChI=1S/C18H12N2O4/c1-10(21)24-11-6-7-12-16(8-11)23-9-13(17(12)22)18-19-14-4-2-3-5-15(14)20-18/h2-9H,1H3,(H,19,20). The van der Waals surface area contributed by atoms with Gasteiger partial charge in [-0.3, -0.25) is 9.59 Å². The van der Waals surface area contributed by atoms with Gasteiger partial charge in [0.2, 0.25) is 5.43 Å². The van der Waals surface area contributed by atoms with Crippen molar-refractivity contribution in [3.8, 4) is 17.1 Å². The summed E-state index contributed by atoms with van der Waals surface area (Å²) in [5.74, 6) is 0.348. The van der Waals surface area contributed by atoms with E-state index in [0.29, 0.717) is 28.1 Å². The summed E-state index contributed by atoms with van der Waals surface area (Å²) in [5.41, 5.74) is 2.11. The fourth-order valence-electron chi connectivity index (χ4n) is 2.58. The third-order valence-corrected chi connectivity index (χ3v) is 3.65. The largest absolute Gasteiger partial charge is 0.463 e. The van der Waals surface area contributed by atoms with Crippen LogP contribution in [0.2, 0.25) is 0 Å². The number of para-hydroxylation sites is 2. The van der Waals surface area contributed by atoms with E-state index >= 15 is 0 Å². The average molecular weight is 320 g/mol. The van der Waals surface area contributed by atoms with E-state index in [2.05, 4.69) is 9.97 Å². The maximum absolute atomic E-state index is 12.7. The van der Waals surface area contributed by atoms with Crippen molar-refractivity contribution in [3.63, 3.8) is 0 Å². The highest BCUT2D eigenvalue weighted by Crippen LogP contribution is 2.23. The van der Waals surface area contributed by atoms with E-state index < -0.39 is 5.97 Å². The SMILES string of the molecule is CC(=O)Oc1ccc2c(=O)c(-c3nc4ccccc4[nH]3)coc2c1. The van der Waals surface area contributed by atoms with Crippen LogP contribution in [0, 0.1) is 0 Å². The number of nitrogens with one attached hydrogen (secondary N) is 1. The van der Waals surface area contributed by atoms with Crippen LogP contribution in [0.4, 0.5) is 0 Å². The summed E-state index contributed by atoms with van der Waals surface area (Å²) in [7, 11) is 0. The quantitative estimate of drug-likeness (QED) is 0.452. The number of H-pyrrole nitrogens is 1. The molecule has 0 radical (unpaired) electrons. The number of imidazole rings is 1. The second-order valence-electron chi connectivity index (χ2n) is 5.33. The molecule has 4 rings (SSSR count). The fraction of sp³-hybridized carbons (Fsp3) is 0.0556. The van der Waals surface area contributed by atoms with Crippen LogP contribution in [0.15, 0.2) is 57.9 Å². The molecule has 0 spiro atoms. The first-order valence-corrected chi connectivity index (χ1v) is 7.31. The molecule has 1 N–H and O–H groups in total. The summed E-state index contributed by atoms with van der Waals surface area (Å²) >= 11 is 0. The number of benzene rings is 2. The van der Waals surface area contributed by atoms with Gasteiger partial charge >= 0.3 is 5.97 Å². The van der Waals surface area contributed by atoms with Gasteiger partial charge in [-0.15, -0.1) is 0 Å². The van der Waals surface area contributed by atoms with Gasteiger partial charge in [0.1, 0.15) is 29.0 Å². The average Bonchev–Trinajstić information content (AvgIpc) is 2.98. The maximum Gasteiger partial charge on any atom is 0.308 e. The Morgan fingerprint density at radius 2 is 2.04 bits per heavy atom. The van der Waals surface area contributed by atoms with Crippen LogP contribution < -0.4 is 10.2 Å². The van der Waals surface area contributed by atoms with Gasteiger partial charge in [-0.05, 0) is 24.3 Å². The molecule has 24 heavy (non-hydrogen) atoms. The van der Waals surface area contributed by atoms with Gasteiger partial charge < -0.3 is 14.1 Å². The molecule has 0 saturated heterocycles. The summed E-state index contributed by atoms with van der Waals surface area (Å²) < 4.78 is 10.5. The molecule has 0 aliphatic rings. The molecule has 4 aromatic rings. The van der Waals surface area contributed by atoms with Gasteiger partial charge in [-0.25, -0.2) is 4.98 Å². The van der Waals surface area contributed by atoms with Crippen molar-refractivity contribution in [1.29, 1.82) is 0 Å². The summed E-state index contributed by atoms with van der Waals surface area (Å²) in [5, 5.41) is 0.392. The van der Waals surface area contributed by atoms with Crippen LogP contribution in [-0.2, 0) is 4.79 Å². The Morgan fingerprint density at radius 3 is 2.83 bits per heavy atom. The van der Waals surface area contributed by atoms with Crippen molar-refractivity contribution in [2.75, 3.05) is 0 Å². The maximum atomic E-state index is 12.7. The molecule has 2 aromatic carbocycles. The summed E-state index contributed by atoms with van der Waals surface area (Å²) in [6.45, 7) is 1.31. The highest BCUT2D eigenvalue weighted by atomic mass is 16.5. The number of aromatic amines is 1. The molecule has 0 amide bonds. The third-order valence-electron chi connectivity index (χ3n) is 3.65. The first-order valence-electron chi connectivity index (χ1n) is 7.31. The number of hydrogen-bond acceptors (Lipinski definition) is 5. The molecule has 2 heterocycles. The lowest BCUT2D eigenvalue weighted by Crippen LogP contribution is -2.06. The predicted molar refractivity (Wildman–Crippen MR) is 88.9 cm³/mol. The van der Waals surface area contributed by atoms with Crippen LogP contribution in [0.1, 0.15) is 6.92 Å². The van der Waals surface area contributed by atoms with Gasteiger partial charge in [0, 0.05) is 13.0 Å². The smallest absolute Gasteiger partial charge is 0.308 e. The summed E-state index contributed by atoms with van der Waals surface area (Å²) in [6.07, 6.45) is 1.36. The van der Waals surface area contributed by atoms with Crippen LogP contribution in [-0.4, -0.2) is 15.9 Å². The van der Waals surface area contributed by atoms with Gasteiger partial charge in [0.25, 0.3) is 0 Å². The second-order valence-corrected chi connectivity index (χ2v) is 5.33. The topological polar surface area (TPSA) is 85.2 Å². The minimum Gasteiger partial charge on any atom is -0.463 e. The number of esters is 1. The van der Waals surface area contributed by atoms with Crippen LogP contribution in [0.5, 0.6) is 5.75 Å². The number of nitrogens with zero attached hydrogens (tertiary/aromatic N) is 1. The number of aromatic nitrogens is 2. The Hall–Kier alpha value is -3.41. The zero-order valence-electron chi connectivity index (χ0n) is 12.7. The molecular formula is C18H12N2O4. The predicted octanol–water partition coefficient (Wildman–Crippen LogP) is 3.26. The number of rotatable bonds is 2. The molecule has 0 atom stereocenters. The molecule has 0 aliphatic heterocycles. The van der Waals surface area contributed by atoms with Gasteiger partial charge in [-0.2, -0.15) is 0 Å². The van der Waals surface area contributed by atoms with E-state index in [0.717, 1.165) is 11.0 Å². The lowest BCUT2D eigenvalue weighted by molar-refractivity contribution is -0.131. The molecule has 118 valence electrons. The van der Waals surface area contributed by atoms with Crippen LogP contribution >= 0.6 is 0 Å². The molecular weight excluding hydrogens is 308 g/mol. The van der Waals surface area contributed by atoms with E-state index in [4.69, 9.17) is 9.15 Å². The van der Waals surface area contributed by atoms with Crippen molar-refractivity contribution in [2.24, 2.45) is 0 Å². The molecule has 6 heteroatoms. The van der Waals surface area contributed by atoms with Crippen LogP contribution in [0.3, 0.4) is 0 Å². The summed E-state index contributed by atoms with van der Waals surface area (Å²) in [4.78, 5) is 31.3. The zero-order chi connectivity index (χ0) is 16.7. The number of carbonyl (C=O) groups excluding carboxylic acids is 1. The van der Waals surface area contributed by atoms with E-state index in [-0.39, 0.29) is 5.43 Å². The van der Waals surface area contributed by atoms with E-state index in [9.17, 15) is 9.59 Å². The van der Waals surface area contributed by atoms with Gasteiger partial charge in [0.05, 0.1) is 16.4 Å². The Bertz CT molecular complexity index is 1110. The number of fused-ring (bicyclic) bond motifs is 2. The molecule has 0 unspecified atom stereocenters. The number of hydrogen-bond donors (Lipinski definition) is 1. The Kier molecular flexibility index (Phi) is 3.16. The zero-order valence-corrected chi connectivity index (χ0v) is 12.7. The number of ether oxygens (including phenoxy) is 1. The Balaban J connectivity index is 1.86. The van der Waals surface area contributed by atoms with Crippen molar-refractivity contribution in [3.05, 3.63) is 59.0 Å². The highest BCUT2D eigenvalue weighted by molar-refractivity contribution is 5.84. The van der Waals surface area contributed by atoms with E-state index in [1.165, 1.54) is 19.3 Å². The minimum atomic E-state index is -0.435. The second kappa shape index (κ2) is 5.34. The molecule has 0 aliphatic carbocycles. The molecule has 2 aromatic heterocycles. The molecule has 0 bridgehead atoms. The third kappa shape index (κ3) is 2.34. The minimum absolute atomic E-state index is 0.204. The fourth-order valence-corrected chi connectivity index (χ4v) is 2.58. The van der Waals surface area contributed by atoms with Crippen molar-refractivity contribution >= 4 is 28.0 Å². The first-order chi connectivity index (χ1) is 11.6. The lowest BCUT2D eigenvalue weighted by atomic mass is 10.1. The molecule has 0 fully saturated rings. The molecule has 0 saturated carbocycles. The highest BCUT2D eigenvalue weighted by Gasteiger charge is 2.13. The van der Waals surface area contributed by atoms with Crippen molar-refractivity contribution in [1.82, 2.24) is 9.97 Å². The van der Waals surface area contributed by atoms with Crippen LogP contribution in [0.25, 0.3) is 33.4 Å². The lowest BCUT2D eigenvalue weighted by Gasteiger charge is -2.03. The Morgan fingerprint density at radius 1 is 1.21 bits per heavy atom. The summed E-state index contributed by atoms with van der Waals surface area (Å²) in [6, 6.07) is 12.2.